The molecular weight excluding hydrogens is 539 g/mol. The van der Waals surface area contributed by atoms with Crippen molar-refractivity contribution >= 4 is 32.2 Å². The summed E-state index contributed by atoms with van der Waals surface area (Å²) in [6, 6.07) is 11.2. The third kappa shape index (κ3) is 4.14. The quantitative estimate of drug-likeness (QED) is 0.322. The Balaban J connectivity index is 1.61. The number of benzene rings is 2. The van der Waals surface area contributed by atoms with Crippen molar-refractivity contribution in [3.8, 4) is 22.7 Å². The molecule has 0 saturated carbocycles. The molecule has 0 spiro atoms. The molecule has 0 unspecified atom stereocenters. The third-order valence-corrected chi connectivity index (χ3v) is 7.58. The minimum atomic E-state index is -3.57. The molecular formula is C26H21FN8O4S. The van der Waals surface area contributed by atoms with Crippen LogP contribution in [-0.4, -0.2) is 53.7 Å². The summed E-state index contributed by atoms with van der Waals surface area (Å²) in [5.41, 5.74) is 7.78. The number of nitrogens with zero attached hydrogens (tertiary/aromatic N) is 7. The largest absolute Gasteiger partial charge is 0.508 e. The number of hydrogen-bond acceptors (Lipinski definition) is 9. The first-order valence-corrected chi connectivity index (χ1v) is 13.8. The van der Waals surface area contributed by atoms with Crippen LogP contribution in [0.4, 0.5) is 10.2 Å². The van der Waals surface area contributed by atoms with Crippen molar-refractivity contribution in [2.45, 2.75) is 18.4 Å². The minimum Gasteiger partial charge on any atom is -0.508 e. The number of anilines is 1. The normalized spacial score (nSPS) is 12.0. The van der Waals surface area contributed by atoms with Crippen LogP contribution < -0.4 is 11.3 Å². The topological polar surface area (TPSA) is 163 Å². The first-order chi connectivity index (χ1) is 19.0. The second-order valence-electron chi connectivity index (χ2n) is 9.28. The van der Waals surface area contributed by atoms with Gasteiger partial charge >= 0.3 is 0 Å². The van der Waals surface area contributed by atoms with Gasteiger partial charge in [0.25, 0.3) is 5.56 Å². The first kappa shape index (κ1) is 25.2. The Kier molecular flexibility index (Phi) is 5.65. The first-order valence-electron chi connectivity index (χ1n) is 11.9. The second kappa shape index (κ2) is 8.98. The number of sulfone groups is 1. The fourth-order valence-electron chi connectivity index (χ4n) is 4.67. The van der Waals surface area contributed by atoms with Gasteiger partial charge < -0.3 is 10.8 Å². The number of aryl methyl sites for hydroxylation is 1. The molecule has 3 N–H and O–H groups in total. The zero-order valence-corrected chi connectivity index (χ0v) is 22.0. The van der Waals surface area contributed by atoms with Gasteiger partial charge in [-0.3, -0.25) is 9.36 Å². The number of aromatic hydroxyl groups is 1. The van der Waals surface area contributed by atoms with Crippen molar-refractivity contribution in [2.24, 2.45) is 0 Å². The van der Waals surface area contributed by atoms with E-state index >= 15 is 0 Å². The highest BCUT2D eigenvalue weighted by molar-refractivity contribution is 7.90. The zero-order valence-electron chi connectivity index (χ0n) is 21.1. The molecule has 0 amide bonds. The summed E-state index contributed by atoms with van der Waals surface area (Å²) >= 11 is 0. The molecule has 6 aromatic rings. The molecule has 14 heteroatoms. The van der Waals surface area contributed by atoms with E-state index in [0.29, 0.717) is 22.2 Å². The number of nitrogen functional groups attached to an aromatic ring is 1. The van der Waals surface area contributed by atoms with Gasteiger partial charge in [-0.25, -0.2) is 32.0 Å². The fourth-order valence-corrected chi connectivity index (χ4v) is 5.33. The molecule has 40 heavy (non-hydrogen) atoms. The SMILES string of the molecule is Cc1ccn2nc(Cn3nc(-c4cc(O)cc(F)c4)c4c(N)ncnc43)n(-c3cccc(S(C)(=O)=O)c3)c(=O)c12. The van der Waals surface area contributed by atoms with E-state index in [9.17, 15) is 22.7 Å². The number of fused-ring (bicyclic) bond motifs is 2. The van der Waals surface area contributed by atoms with E-state index in [4.69, 9.17) is 5.73 Å². The van der Waals surface area contributed by atoms with Crippen LogP contribution in [-0.2, 0) is 16.4 Å². The van der Waals surface area contributed by atoms with Crippen molar-refractivity contribution in [2.75, 3.05) is 12.0 Å². The Labute approximate surface area is 225 Å². The van der Waals surface area contributed by atoms with Crippen LogP contribution in [0, 0.1) is 12.7 Å². The maximum atomic E-state index is 14.2. The lowest BCUT2D eigenvalue weighted by Crippen LogP contribution is -2.28. The molecule has 0 atom stereocenters. The van der Waals surface area contributed by atoms with Gasteiger partial charge in [-0.1, -0.05) is 6.07 Å². The Morgan fingerprint density at radius 1 is 1.07 bits per heavy atom. The summed E-state index contributed by atoms with van der Waals surface area (Å²) in [5.74, 6) is -0.697. The van der Waals surface area contributed by atoms with Crippen LogP contribution in [0.3, 0.4) is 0 Å². The summed E-state index contributed by atoms with van der Waals surface area (Å²) in [5, 5.41) is 19.6. The van der Waals surface area contributed by atoms with Gasteiger partial charge in [-0.05, 0) is 48.9 Å². The molecule has 202 valence electrons. The number of halogens is 1. The van der Waals surface area contributed by atoms with Crippen LogP contribution in [0.1, 0.15) is 11.4 Å². The van der Waals surface area contributed by atoms with E-state index in [1.807, 2.05) is 0 Å². The van der Waals surface area contributed by atoms with Gasteiger partial charge in [0.15, 0.2) is 21.3 Å². The molecule has 2 aromatic carbocycles. The summed E-state index contributed by atoms with van der Waals surface area (Å²) in [4.78, 5) is 22.2. The molecule has 0 aliphatic rings. The van der Waals surface area contributed by atoms with E-state index in [-0.39, 0.29) is 45.7 Å². The number of hydrogen-bond donors (Lipinski definition) is 2. The molecule has 0 aliphatic heterocycles. The lowest BCUT2D eigenvalue weighted by molar-refractivity contribution is 0.469. The van der Waals surface area contributed by atoms with Gasteiger partial charge in [0, 0.05) is 24.1 Å². The second-order valence-corrected chi connectivity index (χ2v) is 11.3. The van der Waals surface area contributed by atoms with Crippen molar-refractivity contribution in [3.05, 3.63) is 88.6 Å². The monoisotopic (exact) mass is 560 g/mol. The van der Waals surface area contributed by atoms with E-state index in [1.165, 1.54) is 44.4 Å². The average molecular weight is 561 g/mol. The van der Waals surface area contributed by atoms with Crippen LogP contribution in [0.15, 0.2) is 70.7 Å². The van der Waals surface area contributed by atoms with E-state index in [0.717, 1.165) is 12.3 Å². The summed E-state index contributed by atoms with van der Waals surface area (Å²) in [7, 11) is -3.57. The Morgan fingerprint density at radius 2 is 1.88 bits per heavy atom. The Bertz CT molecular complexity index is 2130. The number of aromatic nitrogens is 7. The van der Waals surface area contributed by atoms with Gasteiger partial charge in [-0.2, -0.15) is 10.2 Å². The predicted octanol–water partition coefficient (Wildman–Crippen LogP) is 2.48. The van der Waals surface area contributed by atoms with Crippen LogP contribution in [0.25, 0.3) is 33.5 Å². The van der Waals surface area contributed by atoms with Crippen LogP contribution >= 0.6 is 0 Å². The van der Waals surface area contributed by atoms with Crippen molar-refractivity contribution < 1.29 is 17.9 Å². The summed E-state index contributed by atoms with van der Waals surface area (Å²) in [6.07, 6.45) is 3.98. The maximum Gasteiger partial charge on any atom is 0.282 e. The highest BCUT2D eigenvalue weighted by Gasteiger charge is 2.22. The fraction of sp³-hybridized carbons (Fsp3) is 0.115. The number of nitrogens with two attached hydrogens (primary N) is 1. The Hall–Kier alpha value is -5.11. The lowest BCUT2D eigenvalue weighted by atomic mass is 10.1. The van der Waals surface area contributed by atoms with Crippen molar-refractivity contribution in [1.82, 2.24) is 33.9 Å². The highest BCUT2D eigenvalue weighted by Crippen LogP contribution is 2.32. The molecule has 4 heterocycles. The van der Waals surface area contributed by atoms with Crippen molar-refractivity contribution in [3.63, 3.8) is 0 Å². The molecule has 0 aliphatic carbocycles. The molecule has 12 nitrogen and oxygen atoms in total. The highest BCUT2D eigenvalue weighted by atomic mass is 32.2. The van der Waals surface area contributed by atoms with Gasteiger partial charge in [-0.15, -0.1) is 0 Å². The third-order valence-electron chi connectivity index (χ3n) is 6.47. The molecule has 0 saturated heterocycles. The number of phenols is 1. The van der Waals surface area contributed by atoms with E-state index < -0.39 is 21.2 Å². The summed E-state index contributed by atoms with van der Waals surface area (Å²) < 4.78 is 42.9. The van der Waals surface area contributed by atoms with Gasteiger partial charge in [0.05, 0.1) is 16.0 Å². The minimum absolute atomic E-state index is 0.0353. The predicted molar refractivity (Wildman–Crippen MR) is 145 cm³/mol. The Morgan fingerprint density at radius 3 is 2.62 bits per heavy atom. The van der Waals surface area contributed by atoms with Crippen LogP contribution in [0.2, 0.25) is 0 Å². The van der Waals surface area contributed by atoms with E-state index in [1.54, 1.807) is 31.3 Å². The van der Waals surface area contributed by atoms with Gasteiger partial charge in [0.2, 0.25) is 0 Å². The average Bonchev–Trinajstić information content (AvgIpc) is 3.45. The molecule has 0 bridgehead atoms. The molecule has 0 radical (unpaired) electrons. The summed E-state index contributed by atoms with van der Waals surface area (Å²) in [6.45, 7) is 1.66. The molecule has 6 rings (SSSR count). The smallest absolute Gasteiger partial charge is 0.282 e. The lowest BCUT2D eigenvalue weighted by Gasteiger charge is -2.14. The van der Waals surface area contributed by atoms with Gasteiger partial charge in [0.1, 0.15) is 41.5 Å². The van der Waals surface area contributed by atoms with Crippen LogP contribution in [0.5, 0.6) is 5.75 Å². The molecule has 0 fully saturated rings. The molecule has 4 aromatic heterocycles. The van der Waals surface area contributed by atoms with E-state index in [2.05, 4.69) is 20.2 Å². The standard InChI is InChI=1S/C26H21FN8O4S/c1-14-6-7-33-23(14)26(37)35(17-4-3-5-19(11-17)40(2,38)39)20(31-33)12-34-25-21(24(28)29-13-30-25)22(32-34)15-8-16(27)10-18(36)9-15/h3-11,13,36H,12H2,1-2H3,(H2,28,29,30). The van der Waals surface area contributed by atoms with Crippen molar-refractivity contribution in [1.29, 1.82) is 0 Å². The maximum absolute atomic E-state index is 14.2. The number of rotatable bonds is 5. The number of phenolic OH excluding ortho intramolecular Hbond substituents is 1. The zero-order chi connectivity index (χ0) is 28.3.